The molecular formula is C34H51ClN2O6S. The third kappa shape index (κ3) is 11.3. The van der Waals surface area contributed by atoms with Crippen LogP contribution in [0.1, 0.15) is 97.0 Å². The highest BCUT2D eigenvalue weighted by atomic mass is 35.5. The Morgan fingerprint density at radius 2 is 1.68 bits per heavy atom. The van der Waals surface area contributed by atoms with Gasteiger partial charge in [0.05, 0.1) is 28.6 Å². The van der Waals surface area contributed by atoms with Crippen LogP contribution in [0.2, 0.25) is 5.02 Å². The minimum atomic E-state index is -3.67. The van der Waals surface area contributed by atoms with Crippen LogP contribution in [0.25, 0.3) is 0 Å². The van der Waals surface area contributed by atoms with Gasteiger partial charge in [0, 0.05) is 11.4 Å². The first-order chi connectivity index (χ1) is 20.7. The number of hydrogen-bond acceptors (Lipinski definition) is 6. The molecule has 2 aliphatic rings. The molecule has 10 heteroatoms. The molecule has 0 aliphatic heterocycles. The SMILES string of the molecule is C#CCC[C@H](O)[C@H](O)[C@H](CC1CCCCC1)NC(=O)[C@H](CC1CC1)NC(=O)[C@H](Cc1cccc(Cl)c1)CS(=O)(=O)C(C)(C)C. The molecule has 4 N–H and O–H groups in total. The van der Waals surface area contributed by atoms with Gasteiger partial charge in [-0.05, 0) is 76.0 Å². The normalized spacial score (nSPS) is 19.7. The molecule has 2 amide bonds. The van der Waals surface area contributed by atoms with Crippen LogP contribution in [0, 0.1) is 30.1 Å². The summed E-state index contributed by atoms with van der Waals surface area (Å²) in [6.07, 6.45) is 11.9. The fourth-order valence-electron chi connectivity index (χ4n) is 5.92. The first-order valence-corrected chi connectivity index (χ1v) is 18.1. The van der Waals surface area contributed by atoms with E-state index in [1.54, 1.807) is 45.0 Å². The summed E-state index contributed by atoms with van der Waals surface area (Å²) in [5, 5.41) is 28.1. The number of rotatable bonds is 16. The maximum absolute atomic E-state index is 13.8. The van der Waals surface area contributed by atoms with Crippen LogP contribution in [0.3, 0.4) is 0 Å². The number of aliphatic hydroxyl groups is 2. The van der Waals surface area contributed by atoms with E-state index < -0.39 is 56.6 Å². The molecule has 1 aromatic carbocycles. The zero-order valence-electron chi connectivity index (χ0n) is 26.4. The van der Waals surface area contributed by atoms with Crippen LogP contribution in [0.4, 0.5) is 0 Å². The van der Waals surface area contributed by atoms with Crippen molar-refractivity contribution in [2.75, 3.05) is 5.75 Å². The molecule has 0 aromatic heterocycles. The summed E-state index contributed by atoms with van der Waals surface area (Å²) >= 11 is 6.18. The number of carbonyl (C=O) groups is 2. The molecule has 2 fully saturated rings. The monoisotopic (exact) mass is 650 g/mol. The largest absolute Gasteiger partial charge is 0.390 e. The molecule has 1 aromatic rings. The van der Waals surface area contributed by atoms with Gasteiger partial charge in [-0.25, -0.2) is 8.42 Å². The van der Waals surface area contributed by atoms with Crippen LogP contribution in [0.15, 0.2) is 24.3 Å². The average molecular weight is 651 g/mol. The van der Waals surface area contributed by atoms with Gasteiger partial charge in [-0.1, -0.05) is 68.7 Å². The Kier molecular flexibility index (Phi) is 13.6. The Balaban J connectivity index is 1.82. The summed E-state index contributed by atoms with van der Waals surface area (Å²) in [7, 11) is -3.67. The number of amides is 2. The van der Waals surface area contributed by atoms with Gasteiger partial charge < -0.3 is 20.8 Å². The third-order valence-electron chi connectivity index (χ3n) is 9.03. The summed E-state index contributed by atoms with van der Waals surface area (Å²) in [6, 6.07) is 5.36. The van der Waals surface area contributed by atoms with E-state index in [4.69, 9.17) is 18.0 Å². The Bertz CT molecular complexity index is 1250. The molecule has 3 rings (SSSR count). The maximum Gasteiger partial charge on any atom is 0.242 e. The van der Waals surface area contributed by atoms with Crippen molar-refractivity contribution in [1.82, 2.24) is 10.6 Å². The third-order valence-corrected chi connectivity index (χ3v) is 12.0. The van der Waals surface area contributed by atoms with Crippen molar-refractivity contribution in [3.05, 3.63) is 34.9 Å². The van der Waals surface area contributed by atoms with Crippen molar-refractivity contribution < 1.29 is 28.2 Å². The number of benzene rings is 1. The standard InChI is InChI=1S/C34H51ClN2O6S/c1-5-6-15-30(38)31(39)28(20-23-11-8-7-9-12-23)36-33(41)29(21-24-16-17-24)37-32(40)26(22-44(42,43)34(2,3)4)18-25-13-10-14-27(35)19-25/h1,10,13-14,19,23-24,26,28-31,38-39H,6-9,11-12,15-18,20-22H2,2-4H3,(H,36,41)(H,37,40)/t26-,28+,29+,30+,31-/m1/s1. The van der Waals surface area contributed by atoms with Crippen LogP contribution in [-0.2, 0) is 25.8 Å². The molecule has 0 radical (unpaired) electrons. The fraction of sp³-hybridized carbons (Fsp3) is 0.706. The van der Waals surface area contributed by atoms with E-state index in [1.165, 1.54) is 0 Å². The molecular weight excluding hydrogens is 600 g/mol. The molecule has 2 aliphatic carbocycles. The van der Waals surface area contributed by atoms with Gasteiger partial charge in [0.1, 0.15) is 12.1 Å². The van der Waals surface area contributed by atoms with Gasteiger partial charge in [0.2, 0.25) is 11.8 Å². The first-order valence-electron chi connectivity index (χ1n) is 16.1. The minimum absolute atomic E-state index is 0.143. The fourth-order valence-corrected chi connectivity index (χ4v) is 7.43. The van der Waals surface area contributed by atoms with Crippen LogP contribution >= 0.6 is 11.6 Å². The number of nitrogens with one attached hydrogen (secondary N) is 2. The summed E-state index contributed by atoms with van der Waals surface area (Å²) in [6.45, 7) is 4.82. The summed E-state index contributed by atoms with van der Waals surface area (Å²) in [5.74, 6) is 0.796. The highest BCUT2D eigenvalue weighted by molar-refractivity contribution is 7.92. The highest BCUT2D eigenvalue weighted by Crippen LogP contribution is 2.34. The number of sulfone groups is 1. The summed E-state index contributed by atoms with van der Waals surface area (Å²) in [5.41, 5.74) is 0.724. The summed E-state index contributed by atoms with van der Waals surface area (Å²) in [4.78, 5) is 27.6. The minimum Gasteiger partial charge on any atom is -0.390 e. The van der Waals surface area contributed by atoms with Gasteiger partial charge in [-0.2, -0.15) is 0 Å². The van der Waals surface area contributed by atoms with Crippen molar-refractivity contribution in [2.24, 2.45) is 17.8 Å². The zero-order valence-corrected chi connectivity index (χ0v) is 28.0. The quantitative estimate of drug-likeness (QED) is 0.194. The molecule has 0 bridgehead atoms. The number of halogens is 1. The lowest BCUT2D eigenvalue weighted by atomic mass is 9.82. The summed E-state index contributed by atoms with van der Waals surface area (Å²) < 4.78 is 25.4. The Morgan fingerprint density at radius 3 is 2.27 bits per heavy atom. The Labute approximate surface area is 269 Å². The molecule has 0 spiro atoms. The van der Waals surface area contributed by atoms with Gasteiger partial charge in [-0.15, -0.1) is 12.3 Å². The van der Waals surface area contributed by atoms with Gasteiger partial charge >= 0.3 is 0 Å². The topological polar surface area (TPSA) is 133 Å². The predicted molar refractivity (Wildman–Crippen MR) is 175 cm³/mol. The molecule has 246 valence electrons. The zero-order chi connectivity index (χ0) is 32.5. The second-order valence-electron chi connectivity index (χ2n) is 13.8. The second kappa shape index (κ2) is 16.4. The average Bonchev–Trinajstić information content (AvgIpc) is 3.78. The van der Waals surface area contributed by atoms with E-state index >= 15 is 0 Å². The van der Waals surface area contributed by atoms with Crippen molar-refractivity contribution in [1.29, 1.82) is 0 Å². The molecule has 5 atom stereocenters. The molecule has 0 saturated heterocycles. The number of carbonyl (C=O) groups excluding carboxylic acids is 2. The Morgan fingerprint density at radius 1 is 1.02 bits per heavy atom. The van der Waals surface area contributed by atoms with Crippen LogP contribution in [-0.4, -0.2) is 65.2 Å². The van der Waals surface area contributed by atoms with Crippen molar-refractivity contribution in [3.63, 3.8) is 0 Å². The Hall–Kier alpha value is -2.12. The second-order valence-corrected chi connectivity index (χ2v) is 17.0. The van der Waals surface area contributed by atoms with E-state index in [2.05, 4.69) is 16.6 Å². The van der Waals surface area contributed by atoms with Crippen LogP contribution in [0.5, 0.6) is 0 Å². The number of terminal acetylenes is 1. The van der Waals surface area contributed by atoms with E-state index in [9.17, 15) is 28.2 Å². The molecule has 8 nitrogen and oxygen atoms in total. The lowest BCUT2D eigenvalue weighted by Crippen LogP contribution is -2.56. The lowest BCUT2D eigenvalue weighted by Gasteiger charge is -2.33. The van der Waals surface area contributed by atoms with E-state index in [1.807, 2.05) is 0 Å². The molecule has 0 heterocycles. The van der Waals surface area contributed by atoms with Gasteiger partial charge in [0.25, 0.3) is 0 Å². The van der Waals surface area contributed by atoms with Crippen molar-refractivity contribution in [2.45, 2.75) is 127 Å². The van der Waals surface area contributed by atoms with E-state index in [0.717, 1.165) is 50.5 Å². The predicted octanol–water partition coefficient (Wildman–Crippen LogP) is 4.59. The highest BCUT2D eigenvalue weighted by Gasteiger charge is 2.38. The maximum atomic E-state index is 13.8. The van der Waals surface area contributed by atoms with Crippen LogP contribution < -0.4 is 10.6 Å². The number of hydrogen-bond donors (Lipinski definition) is 4. The lowest BCUT2D eigenvalue weighted by molar-refractivity contribution is -0.132. The molecule has 0 unspecified atom stereocenters. The smallest absolute Gasteiger partial charge is 0.242 e. The van der Waals surface area contributed by atoms with Gasteiger partial charge in [-0.3, -0.25) is 9.59 Å². The first kappa shape index (κ1) is 36.3. The van der Waals surface area contributed by atoms with Crippen molar-refractivity contribution in [3.8, 4) is 12.3 Å². The number of aliphatic hydroxyl groups excluding tert-OH is 2. The van der Waals surface area contributed by atoms with E-state index in [0.29, 0.717) is 30.2 Å². The van der Waals surface area contributed by atoms with Gasteiger partial charge in [0.15, 0.2) is 9.84 Å². The van der Waals surface area contributed by atoms with E-state index in [-0.39, 0.29) is 24.5 Å². The van der Waals surface area contributed by atoms with Crippen molar-refractivity contribution >= 4 is 33.3 Å². The molecule has 2 saturated carbocycles. The molecule has 44 heavy (non-hydrogen) atoms.